The molecule has 0 N–H and O–H groups in total. The molecule has 0 aromatic heterocycles. The van der Waals surface area contributed by atoms with Crippen molar-refractivity contribution in [2.75, 3.05) is 26.8 Å². The van der Waals surface area contributed by atoms with Crippen molar-refractivity contribution < 1.29 is 14.3 Å². The fraction of sp³-hybridized carbons (Fsp3) is 0.556. The number of likely N-dealkylation sites (tertiary alicyclic amines) is 1. The van der Waals surface area contributed by atoms with Crippen LogP contribution in [-0.4, -0.2) is 43.3 Å². The van der Waals surface area contributed by atoms with Crippen molar-refractivity contribution in [1.29, 1.82) is 0 Å². The van der Waals surface area contributed by atoms with Gasteiger partial charge in [-0.2, -0.15) is 0 Å². The molecule has 1 heterocycles. The fourth-order valence-electron chi connectivity index (χ4n) is 1.09. The molecule has 1 saturated heterocycles. The molecule has 0 unspecified atom stereocenters. The zero-order valence-electron chi connectivity index (χ0n) is 7.71. The van der Waals surface area contributed by atoms with Crippen molar-refractivity contribution in [2.24, 2.45) is 0 Å². The Kier molecular flexibility index (Phi) is 3.19. The molecule has 1 rings (SSSR count). The van der Waals surface area contributed by atoms with Crippen LogP contribution in [-0.2, 0) is 14.3 Å². The van der Waals surface area contributed by atoms with Gasteiger partial charge in [0.05, 0.1) is 5.70 Å². The number of ether oxygens (including phenoxy) is 1. The number of ketones is 2. The van der Waals surface area contributed by atoms with E-state index in [1.807, 2.05) is 0 Å². The van der Waals surface area contributed by atoms with E-state index in [1.54, 1.807) is 4.90 Å². The lowest BCUT2D eigenvalue weighted by molar-refractivity contribution is -0.137. The monoisotopic (exact) mass is 183 g/mol. The number of methoxy groups -OCH3 is 1. The quantitative estimate of drug-likeness (QED) is 0.444. The summed E-state index contributed by atoms with van der Waals surface area (Å²) in [5.74, 6) is -1.05. The van der Waals surface area contributed by atoms with Gasteiger partial charge in [-0.3, -0.25) is 9.59 Å². The third kappa shape index (κ3) is 2.15. The zero-order chi connectivity index (χ0) is 9.84. The van der Waals surface area contributed by atoms with Crippen molar-refractivity contribution in [3.8, 4) is 0 Å². The Morgan fingerprint density at radius 1 is 1.46 bits per heavy atom. The van der Waals surface area contributed by atoms with Gasteiger partial charge >= 0.3 is 0 Å². The van der Waals surface area contributed by atoms with Gasteiger partial charge in [0.15, 0.2) is 0 Å². The van der Waals surface area contributed by atoms with E-state index in [9.17, 15) is 9.59 Å². The molecule has 0 spiro atoms. The third-order valence-electron chi connectivity index (χ3n) is 2.03. The maximum absolute atomic E-state index is 11.3. The van der Waals surface area contributed by atoms with E-state index < -0.39 is 11.6 Å². The van der Waals surface area contributed by atoms with Crippen LogP contribution in [0.2, 0.25) is 0 Å². The fourth-order valence-corrected chi connectivity index (χ4v) is 1.09. The molecule has 0 saturated carbocycles. The molecule has 4 nitrogen and oxygen atoms in total. The second-order valence-electron chi connectivity index (χ2n) is 2.97. The first-order valence-corrected chi connectivity index (χ1v) is 4.17. The van der Waals surface area contributed by atoms with Crippen molar-refractivity contribution in [2.45, 2.75) is 6.42 Å². The Morgan fingerprint density at radius 2 is 2.08 bits per heavy atom. The predicted molar refractivity (Wildman–Crippen MR) is 47.2 cm³/mol. The highest BCUT2D eigenvalue weighted by atomic mass is 16.5. The summed E-state index contributed by atoms with van der Waals surface area (Å²) in [6.45, 7) is 5.07. The largest absolute Gasteiger partial charge is 0.376 e. The number of allylic oxidation sites excluding steroid dienone is 1. The standard InChI is InChI=1S/C9H13NO3/c1-7(10-4-3-5-10)9(12)8(11)6-13-2/h1,3-6H2,2H3. The molecule has 0 atom stereocenters. The summed E-state index contributed by atoms with van der Waals surface area (Å²) in [5.41, 5.74) is 0.299. The topological polar surface area (TPSA) is 46.6 Å². The Hall–Kier alpha value is -1.16. The molecule has 72 valence electrons. The first kappa shape index (κ1) is 9.92. The number of hydrogen-bond donors (Lipinski definition) is 0. The first-order chi connectivity index (χ1) is 6.16. The van der Waals surface area contributed by atoms with Gasteiger partial charge in [0.25, 0.3) is 0 Å². The summed E-state index contributed by atoms with van der Waals surface area (Å²) in [6, 6.07) is 0. The molecule has 13 heavy (non-hydrogen) atoms. The van der Waals surface area contributed by atoms with E-state index in [2.05, 4.69) is 11.3 Å². The lowest BCUT2D eigenvalue weighted by Crippen LogP contribution is -2.40. The minimum Gasteiger partial charge on any atom is -0.376 e. The Labute approximate surface area is 77.2 Å². The molecule has 4 heteroatoms. The number of carbonyl (C=O) groups excluding carboxylic acids is 2. The van der Waals surface area contributed by atoms with E-state index in [1.165, 1.54) is 7.11 Å². The molecule has 0 bridgehead atoms. The van der Waals surface area contributed by atoms with Crippen molar-refractivity contribution >= 4 is 11.6 Å². The molecular formula is C9H13NO3. The molecule has 1 aliphatic heterocycles. The highest BCUT2D eigenvalue weighted by Crippen LogP contribution is 2.13. The average Bonchev–Trinajstić information content (AvgIpc) is 2.00. The molecule has 0 radical (unpaired) electrons. The summed E-state index contributed by atoms with van der Waals surface area (Å²) in [5, 5.41) is 0. The normalized spacial score (nSPS) is 15.0. The number of rotatable bonds is 5. The van der Waals surface area contributed by atoms with Crippen LogP contribution in [0.5, 0.6) is 0 Å². The van der Waals surface area contributed by atoms with Gasteiger partial charge in [-0.1, -0.05) is 6.58 Å². The van der Waals surface area contributed by atoms with Crippen LogP contribution in [0.1, 0.15) is 6.42 Å². The number of nitrogens with zero attached hydrogens (tertiary/aromatic N) is 1. The highest BCUT2D eigenvalue weighted by Gasteiger charge is 2.24. The summed E-state index contributed by atoms with van der Waals surface area (Å²) in [7, 11) is 1.39. The minimum atomic E-state index is -0.528. The van der Waals surface area contributed by atoms with Crippen LogP contribution < -0.4 is 0 Å². The van der Waals surface area contributed by atoms with E-state index in [-0.39, 0.29) is 6.61 Å². The lowest BCUT2D eigenvalue weighted by atomic mass is 10.1. The van der Waals surface area contributed by atoms with Crippen LogP contribution in [0.15, 0.2) is 12.3 Å². The smallest absolute Gasteiger partial charge is 0.246 e. The predicted octanol–water partition coefficient (Wildman–Crippen LogP) is -0.00960. The SMILES string of the molecule is C=C(C(=O)C(=O)COC)N1CCC1. The Morgan fingerprint density at radius 3 is 2.46 bits per heavy atom. The van der Waals surface area contributed by atoms with Gasteiger partial charge in [-0.05, 0) is 6.42 Å². The van der Waals surface area contributed by atoms with Gasteiger partial charge in [0.1, 0.15) is 6.61 Å². The van der Waals surface area contributed by atoms with Crippen molar-refractivity contribution in [3.05, 3.63) is 12.3 Å². The summed E-state index contributed by atoms with van der Waals surface area (Å²) < 4.78 is 4.58. The van der Waals surface area contributed by atoms with E-state index in [4.69, 9.17) is 0 Å². The van der Waals surface area contributed by atoms with E-state index >= 15 is 0 Å². The number of hydrogen-bond acceptors (Lipinski definition) is 4. The van der Waals surface area contributed by atoms with Gasteiger partial charge in [-0.25, -0.2) is 0 Å². The summed E-state index contributed by atoms with van der Waals surface area (Å²) in [6.07, 6.45) is 1.06. The van der Waals surface area contributed by atoms with Gasteiger partial charge in [-0.15, -0.1) is 0 Å². The molecular weight excluding hydrogens is 170 g/mol. The molecule has 0 aromatic rings. The zero-order valence-corrected chi connectivity index (χ0v) is 7.71. The van der Waals surface area contributed by atoms with E-state index in [0.29, 0.717) is 5.70 Å². The second kappa shape index (κ2) is 4.18. The lowest BCUT2D eigenvalue weighted by Gasteiger charge is -2.33. The van der Waals surface area contributed by atoms with Crippen LogP contribution >= 0.6 is 0 Å². The summed E-state index contributed by atoms with van der Waals surface area (Å²) >= 11 is 0. The van der Waals surface area contributed by atoms with Gasteiger partial charge < -0.3 is 9.64 Å². The van der Waals surface area contributed by atoms with Crippen molar-refractivity contribution in [1.82, 2.24) is 4.90 Å². The number of Topliss-reactive ketones (excluding diaryl/α,β-unsaturated/α-hetero) is 2. The second-order valence-corrected chi connectivity index (χ2v) is 2.97. The van der Waals surface area contributed by atoms with Crippen LogP contribution in [0.25, 0.3) is 0 Å². The summed E-state index contributed by atoms with van der Waals surface area (Å²) in [4.78, 5) is 24.2. The maximum Gasteiger partial charge on any atom is 0.246 e. The van der Waals surface area contributed by atoms with E-state index in [0.717, 1.165) is 19.5 Å². The van der Waals surface area contributed by atoms with Crippen LogP contribution in [0.4, 0.5) is 0 Å². The van der Waals surface area contributed by atoms with Gasteiger partial charge in [0, 0.05) is 20.2 Å². The third-order valence-corrected chi connectivity index (χ3v) is 2.03. The minimum absolute atomic E-state index is 0.161. The first-order valence-electron chi connectivity index (χ1n) is 4.17. The molecule has 0 aliphatic carbocycles. The molecule has 1 aliphatic rings. The Bertz CT molecular complexity index is 243. The Balaban J connectivity index is 2.46. The highest BCUT2D eigenvalue weighted by molar-refractivity contribution is 6.43. The van der Waals surface area contributed by atoms with Gasteiger partial charge in [0.2, 0.25) is 11.6 Å². The van der Waals surface area contributed by atoms with Crippen molar-refractivity contribution in [3.63, 3.8) is 0 Å². The average molecular weight is 183 g/mol. The van der Waals surface area contributed by atoms with Crippen LogP contribution in [0, 0.1) is 0 Å². The van der Waals surface area contributed by atoms with Crippen LogP contribution in [0.3, 0.4) is 0 Å². The molecule has 0 aromatic carbocycles. The molecule has 0 amide bonds. The molecule has 1 fully saturated rings. The maximum atomic E-state index is 11.3. The number of carbonyl (C=O) groups is 2.